The Kier molecular flexibility index (Phi) is 4.12. The highest BCUT2D eigenvalue weighted by Gasteiger charge is 2.24. The number of carbonyl (C=O) groups is 2. The minimum Gasteiger partial charge on any atom is -0.462 e. The molecule has 0 fully saturated rings. The average Bonchev–Trinajstić information content (AvgIpc) is 2.70. The number of ether oxygens (including phenoxy) is 1. The lowest BCUT2D eigenvalue weighted by atomic mass is 9.87. The van der Waals surface area contributed by atoms with E-state index in [4.69, 9.17) is 4.74 Å². The van der Waals surface area contributed by atoms with Gasteiger partial charge in [0.25, 0.3) is 0 Å². The van der Waals surface area contributed by atoms with Gasteiger partial charge in [-0.3, -0.25) is 4.79 Å². The number of rotatable bonds is 3. The van der Waals surface area contributed by atoms with Crippen LogP contribution in [0.4, 0.5) is 0 Å². The van der Waals surface area contributed by atoms with E-state index in [2.05, 4.69) is 0 Å². The van der Waals surface area contributed by atoms with E-state index >= 15 is 0 Å². The second-order valence-corrected chi connectivity index (χ2v) is 6.08. The fourth-order valence-corrected chi connectivity index (χ4v) is 2.16. The van der Waals surface area contributed by atoms with Crippen molar-refractivity contribution in [3.8, 4) is 11.1 Å². The lowest BCUT2D eigenvalue weighted by molar-refractivity contribution is 0.0526. The van der Waals surface area contributed by atoms with Gasteiger partial charge in [0.15, 0.2) is 5.78 Å². The molecule has 110 valence electrons. The highest BCUT2D eigenvalue weighted by atomic mass is 16.5. The molecule has 0 atom stereocenters. The van der Waals surface area contributed by atoms with Crippen molar-refractivity contribution in [3.63, 3.8) is 0 Å². The fourth-order valence-electron chi connectivity index (χ4n) is 2.16. The summed E-state index contributed by atoms with van der Waals surface area (Å²) in [6.07, 6.45) is 0. The van der Waals surface area contributed by atoms with Gasteiger partial charge in [-0.05, 0) is 42.3 Å². The Morgan fingerprint density at radius 3 is 1.90 bits per heavy atom. The Morgan fingerprint density at radius 1 is 0.952 bits per heavy atom. The second-order valence-electron chi connectivity index (χ2n) is 6.08. The van der Waals surface area contributed by atoms with Crippen LogP contribution in [0, 0.1) is 5.41 Å². The lowest BCUT2D eigenvalue weighted by Crippen LogP contribution is -2.19. The van der Waals surface area contributed by atoms with Crippen molar-refractivity contribution >= 4 is 11.8 Å². The van der Waals surface area contributed by atoms with Crippen molar-refractivity contribution in [1.29, 1.82) is 0 Å². The highest BCUT2D eigenvalue weighted by molar-refractivity contribution is 6.02. The fraction of sp³-hybridized carbons (Fsp3) is 0.333. The molecule has 0 aromatic heterocycles. The Hall–Kier alpha value is -2.16. The number of hydrogen-bond donors (Lipinski definition) is 0. The maximum atomic E-state index is 12.3. The number of Topliss-reactive ketones (excluding diaryl/α,β-unsaturated/α-hetero) is 1. The van der Waals surface area contributed by atoms with Crippen LogP contribution in [-0.2, 0) is 4.74 Å². The minimum atomic E-state index is -0.400. The molecule has 0 heterocycles. The SMILES string of the molecule is CCOC(=O)c1ccc2cc(C(=O)C(C)(C)C)cc-2cc1. The Morgan fingerprint density at radius 2 is 1.48 bits per heavy atom. The third kappa shape index (κ3) is 3.30. The quantitative estimate of drug-likeness (QED) is 0.626. The molecule has 0 radical (unpaired) electrons. The van der Waals surface area contributed by atoms with E-state index in [1.807, 2.05) is 45.0 Å². The topological polar surface area (TPSA) is 43.4 Å². The Labute approximate surface area is 125 Å². The van der Waals surface area contributed by atoms with Crippen LogP contribution < -0.4 is 0 Å². The van der Waals surface area contributed by atoms with Gasteiger partial charge in [-0.1, -0.05) is 32.9 Å². The maximum absolute atomic E-state index is 12.3. The van der Waals surface area contributed by atoms with E-state index in [1.54, 1.807) is 19.1 Å². The zero-order chi connectivity index (χ0) is 15.6. The molecule has 0 spiro atoms. The highest BCUT2D eigenvalue weighted by Crippen LogP contribution is 2.30. The second kappa shape index (κ2) is 5.68. The molecule has 3 heteroatoms. The third-order valence-electron chi connectivity index (χ3n) is 3.29. The molecule has 0 aromatic carbocycles. The summed E-state index contributed by atoms with van der Waals surface area (Å²) >= 11 is 0. The van der Waals surface area contributed by atoms with Crippen LogP contribution in [-0.4, -0.2) is 18.4 Å². The molecule has 0 aromatic rings. The Bertz CT molecular complexity index is 616. The summed E-state index contributed by atoms with van der Waals surface area (Å²) in [5, 5.41) is 0. The maximum Gasteiger partial charge on any atom is 0.338 e. The summed E-state index contributed by atoms with van der Waals surface area (Å²) in [5.41, 5.74) is 2.71. The average molecular weight is 284 g/mol. The number of hydrogen-bond acceptors (Lipinski definition) is 3. The molecule has 21 heavy (non-hydrogen) atoms. The summed E-state index contributed by atoms with van der Waals surface area (Å²) < 4.78 is 4.99. The molecule has 0 saturated heterocycles. The molecule has 0 saturated carbocycles. The summed E-state index contributed by atoms with van der Waals surface area (Å²) in [5.74, 6) is -0.215. The van der Waals surface area contributed by atoms with Crippen LogP contribution >= 0.6 is 0 Å². The van der Waals surface area contributed by atoms with Crippen LogP contribution in [0.1, 0.15) is 48.4 Å². The normalized spacial score (nSPS) is 11.4. The molecule has 0 unspecified atom stereocenters. The molecule has 0 bridgehead atoms. The van der Waals surface area contributed by atoms with Crippen molar-refractivity contribution < 1.29 is 14.3 Å². The van der Waals surface area contributed by atoms with Gasteiger partial charge in [0.05, 0.1) is 12.2 Å². The van der Waals surface area contributed by atoms with E-state index in [-0.39, 0.29) is 11.8 Å². The van der Waals surface area contributed by atoms with Crippen molar-refractivity contribution in [2.24, 2.45) is 5.41 Å². The molecule has 0 aliphatic heterocycles. The smallest absolute Gasteiger partial charge is 0.338 e. The molecule has 3 nitrogen and oxygen atoms in total. The molecule has 0 amide bonds. The van der Waals surface area contributed by atoms with Crippen LogP contribution in [0.25, 0.3) is 11.1 Å². The van der Waals surface area contributed by atoms with Crippen LogP contribution in [0.5, 0.6) is 0 Å². The first-order valence-corrected chi connectivity index (χ1v) is 7.08. The zero-order valence-electron chi connectivity index (χ0n) is 12.9. The van der Waals surface area contributed by atoms with Crippen LogP contribution in [0.2, 0.25) is 0 Å². The zero-order valence-corrected chi connectivity index (χ0v) is 12.9. The molecular weight excluding hydrogens is 264 g/mol. The monoisotopic (exact) mass is 284 g/mol. The first-order chi connectivity index (χ1) is 9.82. The number of esters is 1. The van der Waals surface area contributed by atoms with Gasteiger partial charge >= 0.3 is 5.97 Å². The molecule has 2 aliphatic rings. The molecular formula is C18H20O3. The van der Waals surface area contributed by atoms with Crippen molar-refractivity contribution in [1.82, 2.24) is 0 Å². The summed E-state index contributed by atoms with van der Waals surface area (Å²) in [6.45, 7) is 7.86. The van der Waals surface area contributed by atoms with Gasteiger partial charge < -0.3 is 4.74 Å². The molecule has 2 rings (SSSR count). The number of carbonyl (C=O) groups excluding carboxylic acids is 2. The number of fused-ring (bicyclic) bond motifs is 1. The van der Waals surface area contributed by atoms with Crippen molar-refractivity contribution in [2.45, 2.75) is 27.7 Å². The van der Waals surface area contributed by atoms with Gasteiger partial charge in [-0.2, -0.15) is 0 Å². The molecule has 2 aliphatic carbocycles. The van der Waals surface area contributed by atoms with Gasteiger partial charge in [-0.25, -0.2) is 4.79 Å². The first kappa shape index (κ1) is 15.2. The van der Waals surface area contributed by atoms with Crippen molar-refractivity contribution in [2.75, 3.05) is 6.61 Å². The molecule has 0 N–H and O–H groups in total. The number of ketones is 1. The minimum absolute atomic E-state index is 0.118. The predicted molar refractivity (Wildman–Crippen MR) is 82.8 cm³/mol. The van der Waals surface area contributed by atoms with Gasteiger partial charge in [-0.15, -0.1) is 0 Å². The van der Waals surface area contributed by atoms with Crippen LogP contribution in [0.3, 0.4) is 0 Å². The third-order valence-corrected chi connectivity index (χ3v) is 3.29. The van der Waals surface area contributed by atoms with Crippen molar-refractivity contribution in [3.05, 3.63) is 47.5 Å². The van der Waals surface area contributed by atoms with E-state index in [1.165, 1.54) is 0 Å². The summed E-state index contributed by atoms with van der Waals surface area (Å²) in [7, 11) is 0. The Balaban J connectivity index is 2.39. The standard InChI is InChI=1S/C18H20O3/c1-5-21-17(20)12-6-8-13-10-15(11-14(13)9-7-12)16(19)18(2,3)4/h6-11H,5H2,1-4H3. The first-order valence-electron chi connectivity index (χ1n) is 7.08. The van der Waals surface area contributed by atoms with Gasteiger partial charge in [0.1, 0.15) is 0 Å². The van der Waals surface area contributed by atoms with E-state index < -0.39 is 5.41 Å². The lowest BCUT2D eigenvalue weighted by Gasteiger charge is -2.15. The summed E-state index contributed by atoms with van der Waals surface area (Å²) in [6, 6.07) is 10.9. The summed E-state index contributed by atoms with van der Waals surface area (Å²) in [4.78, 5) is 24.0. The van der Waals surface area contributed by atoms with Gasteiger partial charge in [0, 0.05) is 11.0 Å². The van der Waals surface area contributed by atoms with E-state index in [0.29, 0.717) is 17.7 Å². The van der Waals surface area contributed by atoms with E-state index in [0.717, 1.165) is 11.1 Å². The largest absolute Gasteiger partial charge is 0.462 e. The van der Waals surface area contributed by atoms with Crippen LogP contribution in [0.15, 0.2) is 36.4 Å². The predicted octanol–water partition coefficient (Wildman–Crippen LogP) is 4.20. The van der Waals surface area contributed by atoms with Gasteiger partial charge in [0.2, 0.25) is 0 Å². The van der Waals surface area contributed by atoms with E-state index in [9.17, 15) is 9.59 Å².